The van der Waals surface area contributed by atoms with Crippen LogP contribution in [-0.2, 0) is 6.54 Å². The van der Waals surface area contributed by atoms with Crippen LogP contribution in [0.3, 0.4) is 0 Å². The van der Waals surface area contributed by atoms with Crippen LogP contribution in [0.15, 0.2) is 18.2 Å². The van der Waals surface area contributed by atoms with Gasteiger partial charge in [-0.1, -0.05) is 46.1 Å². The van der Waals surface area contributed by atoms with Gasteiger partial charge in [-0.05, 0) is 56.4 Å². The van der Waals surface area contributed by atoms with Gasteiger partial charge in [-0.25, -0.2) is 0 Å². The van der Waals surface area contributed by atoms with Gasteiger partial charge in [0.2, 0.25) is 0 Å². The van der Waals surface area contributed by atoms with Gasteiger partial charge in [0.15, 0.2) is 0 Å². The molecule has 1 aromatic rings. The Morgan fingerprint density at radius 1 is 0.731 bits per heavy atom. The molecule has 1 aromatic carbocycles. The third-order valence-corrected chi connectivity index (χ3v) is 5.48. The van der Waals surface area contributed by atoms with E-state index in [0.29, 0.717) is 0 Å². The summed E-state index contributed by atoms with van der Waals surface area (Å²) in [4.78, 5) is 0. The normalized spacial score (nSPS) is 14.4. The molecule has 1 rings (SSSR count). The Balaban J connectivity index is 3.20. The van der Waals surface area contributed by atoms with Crippen LogP contribution in [0.25, 0.3) is 0 Å². The van der Waals surface area contributed by atoms with Crippen LogP contribution < -0.4 is 0 Å². The van der Waals surface area contributed by atoms with E-state index < -0.39 is 12.2 Å². The number of hydrogen-bond donors (Lipinski definition) is 2. The average Bonchev–Trinajstić information content (AvgIpc) is 2.62. The fraction of sp³-hybridized carbons (Fsp3) is 0.739. The standard InChI is InChI=1S/C23H42NO2/c1-6-9-12-24(13-10-7-2,14-11-8-3)18-21-15-22(19(4)25)17-23(16-21)20(5)26/h15-17,19-20,25-26H,6-14,18H2,1-5H3/q+1. The number of unbranched alkanes of at least 4 members (excludes halogenated alkanes) is 3. The molecular formula is C23H42NO2+. The van der Waals surface area contributed by atoms with Gasteiger partial charge in [-0.2, -0.15) is 0 Å². The zero-order valence-corrected chi connectivity index (χ0v) is 17.8. The summed E-state index contributed by atoms with van der Waals surface area (Å²) in [5.74, 6) is 0. The Hall–Kier alpha value is -0.900. The van der Waals surface area contributed by atoms with E-state index in [-0.39, 0.29) is 0 Å². The molecule has 0 radical (unpaired) electrons. The van der Waals surface area contributed by atoms with E-state index in [9.17, 15) is 10.2 Å². The van der Waals surface area contributed by atoms with E-state index >= 15 is 0 Å². The maximum atomic E-state index is 10.1. The maximum absolute atomic E-state index is 10.1. The van der Waals surface area contributed by atoms with Crippen molar-refractivity contribution in [2.45, 2.75) is 91.9 Å². The van der Waals surface area contributed by atoms with Gasteiger partial charge in [0.1, 0.15) is 6.54 Å². The molecule has 2 N–H and O–H groups in total. The molecule has 0 aromatic heterocycles. The number of benzene rings is 1. The Kier molecular flexibility index (Phi) is 10.4. The van der Waals surface area contributed by atoms with Gasteiger partial charge in [-0.3, -0.25) is 0 Å². The molecule has 0 amide bonds. The first-order chi connectivity index (χ1) is 12.4. The second-order valence-corrected chi connectivity index (χ2v) is 8.09. The van der Waals surface area contributed by atoms with Gasteiger partial charge < -0.3 is 14.7 Å². The predicted octanol–water partition coefficient (Wildman–Crippen LogP) is 5.51. The second kappa shape index (κ2) is 11.7. The van der Waals surface area contributed by atoms with Gasteiger partial charge in [-0.15, -0.1) is 0 Å². The van der Waals surface area contributed by atoms with E-state index in [2.05, 4.69) is 32.9 Å². The molecule has 0 saturated heterocycles. The zero-order chi connectivity index (χ0) is 19.6. The summed E-state index contributed by atoms with van der Waals surface area (Å²) in [6.45, 7) is 15.1. The van der Waals surface area contributed by atoms with Crippen LogP contribution in [0.2, 0.25) is 0 Å². The number of rotatable bonds is 13. The van der Waals surface area contributed by atoms with Crippen LogP contribution in [-0.4, -0.2) is 34.3 Å². The molecule has 150 valence electrons. The highest BCUT2D eigenvalue weighted by molar-refractivity contribution is 5.32. The molecular weight excluding hydrogens is 322 g/mol. The van der Waals surface area contributed by atoms with Gasteiger partial charge in [0.25, 0.3) is 0 Å². The van der Waals surface area contributed by atoms with Crippen molar-refractivity contribution in [1.82, 2.24) is 0 Å². The van der Waals surface area contributed by atoms with Crippen LogP contribution in [0.5, 0.6) is 0 Å². The molecule has 0 aliphatic heterocycles. The summed E-state index contributed by atoms with van der Waals surface area (Å²) < 4.78 is 1.14. The lowest BCUT2D eigenvalue weighted by Crippen LogP contribution is -2.49. The number of aliphatic hydroxyl groups excluding tert-OH is 2. The minimum Gasteiger partial charge on any atom is -0.389 e. The lowest BCUT2D eigenvalue weighted by atomic mass is 9.98. The quantitative estimate of drug-likeness (QED) is 0.453. The fourth-order valence-electron chi connectivity index (χ4n) is 3.76. The van der Waals surface area contributed by atoms with Crippen molar-refractivity contribution in [2.75, 3.05) is 19.6 Å². The summed E-state index contributed by atoms with van der Waals surface area (Å²) in [6, 6.07) is 6.23. The molecule has 0 bridgehead atoms. The molecule has 0 aliphatic rings. The summed E-state index contributed by atoms with van der Waals surface area (Å²) in [5.41, 5.74) is 3.08. The van der Waals surface area contributed by atoms with Crippen molar-refractivity contribution in [3.05, 3.63) is 34.9 Å². The molecule has 2 unspecified atom stereocenters. The predicted molar refractivity (Wildman–Crippen MR) is 111 cm³/mol. The van der Waals surface area contributed by atoms with Gasteiger partial charge in [0.05, 0.1) is 31.8 Å². The Morgan fingerprint density at radius 2 is 1.12 bits per heavy atom. The number of quaternary nitrogens is 1. The topological polar surface area (TPSA) is 40.5 Å². The molecule has 0 saturated carbocycles. The van der Waals surface area contributed by atoms with E-state index in [1.165, 1.54) is 63.7 Å². The first-order valence-electron chi connectivity index (χ1n) is 10.7. The van der Waals surface area contributed by atoms with E-state index in [0.717, 1.165) is 22.2 Å². The minimum absolute atomic E-state index is 0.503. The smallest absolute Gasteiger partial charge is 0.104 e. The van der Waals surface area contributed by atoms with Crippen LogP contribution >= 0.6 is 0 Å². The second-order valence-electron chi connectivity index (χ2n) is 8.09. The Bertz CT molecular complexity index is 463. The van der Waals surface area contributed by atoms with Crippen molar-refractivity contribution in [3.8, 4) is 0 Å². The third kappa shape index (κ3) is 7.38. The summed E-state index contributed by atoms with van der Waals surface area (Å²) in [6.07, 6.45) is 6.44. The highest BCUT2D eigenvalue weighted by atomic mass is 16.3. The highest BCUT2D eigenvalue weighted by Crippen LogP contribution is 2.26. The van der Waals surface area contributed by atoms with Crippen molar-refractivity contribution in [3.63, 3.8) is 0 Å². The summed E-state index contributed by atoms with van der Waals surface area (Å²) in [7, 11) is 0. The number of nitrogens with zero attached hydrogens (tertiary/aromatic N) is 1. The lowest BCUT2D eigenvalue weighted by molar-refractivity contribution is -0.941. The largest absolute Gasteiger partial charge is 0.389 e. The van der Waals surface area contributed by atoms with E-state index in [4.69, 9.17) is 0 Å². The fourth-order valence-corrected chi connectivity index (χ4v) is 3.76. The Labute approximate surface area is 161 Å². The van der Waals surface area contributed by atoms with Crippen LogP contribution in [0.4, 0.5) is 0 Å². The van der Waals surface area contributed by atoms with Crippen molar-refractivity contribution in [2.24, 2.45) is 0 Å². The van der Waals surface area contributed by atoms with Crippen LogP contribution in [0.1, 0.15) is 102 Å². The molecule has 3 heteroatoms. The van der Waals surface area contributed by atoms with Crippen molar-refractivity contribution >= 4 is 0 Å². The Morgan fingerprint density at radius 3 is 1.42 bits per heavy atom. The molecule has 26 heavy (non-hydrogen) atoms. The monoisotopic (exact) mass is 364 g/mol. The van der Waals surface area contributed by atoms with Crippen LogP contribution in [0, 0.1) is 0 Å². The first-order valence-corrected chi connectivity index (χ1v) is 10.7. The maximum Gasteiger partial charge on any atom is 0.104 e. The molecule has 2 atom stereocenters. The molecule has 0 heterocycles. The summed E-state index contributed by atoms with van der Waals surface area (Å²) >= 11 is 0. The molecule has 0 fully saturated rings. The van der Waals surface area contributed by atoms with Crippen molar-refractivity contribution in [1.29, 1.82) is 0 Å². The number of aliphatic hydroxyl groups is 2. The third-order valence-electron chi connectivity index (χ3n) is 5.48. The highest BCUT2D eigenvalue weighted by Gasteiger charge is 2.27. The average molecular weight is 365 g/mol. The minimum atomic E-state index is -0.503. The van der Waals surface area contributed by atoms with E-state index in [1.807, 2.05) is 6.07 Å². The lowest BCUT2D eigenvalue weighted by Gasteiger charge is -2.39. The first kappa shape index (κ1) is 23.1. The molecule has 0 spiro atoms. The molecule has 3 nitrogen and oxygen atoms in total. The van der Waals surface area contributed by atoms with Gasteiger partial charge >= 0.3 is 0 Å². The van der Waals surface area contributed by atoms with Gasteiger partial charge in [0, 0.05) is 5.56 Å². The zero-order valence-electron chi connectivity index (χ0n) is 17.8. The SMILES string of the molecule is CCCC[N+](CCCC)(CCCC)Cc1cc(C(C)O)cc(C(C)O)c1. The number of hydrogen-bond acceptors (Lipinski definition) is 2. The van der Waals surface area contributed by atoms with Crippen molar-refractivity contribution < 1.29 is 14.7 Å². The summed E-state index contributed by atoms with van der Waals surface area (Å²) in [5, 5.41) is 20.2. The van der Waals surface area contributed by atoms with E-state index in [1.54, 1.807) is 13.8 Å². The molecule has 0 aliphatic carbocycles.